The SMILES string of the molecule is C1=CC(C2(c3ccc(-c4cc(-c5ccccc5)nc(-c5ccccc5)n4)cc3)c3ccccc3-c3ccccc32)CC=C1c1nc(-c2ccccc2)nc(-c2ccccc2)n1. The normalized spacial score (nSPS) is 14.8. The third-order valence-corrected chi connectivity index (χ3v) is 12.1. The predicted molar refractivity (Wildman–Crippen MR) is 246 cm³/mol. The average Bonchev–Trinajstić information content (AvgIpc) is 3.66. The maximum Gasteiger partial charge on any atom is 0.164 e. The van der Waals surface area contributed by atoms with E-state index in [-0.39, 0.29) is 5.92 Å². The summed E-state index contributed by atoms with van der Waals surface area (Å²) < 4.78 is 0. The highest BCUT2D eigenvalue weighted by molar-refractivity contribution is 5.85. The second-order valence-electron chi connectivity index (χ2n) is 15.6. The number of hydrogen-bond acceptors (Lipinski definition) is 5. The van der Waals surface area contributed by atoms with Crippen molar-refractivity contribution in [2.24, 2.45) is 5.92 Å². The topological polar surface area (TPSA) is 64.5 Å². The molecule has 0 radical (unpaired) electrons. The number of aromatic nitrogens is 5. The van der Waals surface area contributed by atoms with E-state index in [2.05, 4.69) is 133 Å². The van der Waals surface area contributed by atoms with Crippen LogP contribution in [0.4, 0.5) is 0 Å². The summed E-state index contributed by atoms with van der Waals surface area (Å²) in [5, 5.41) is 0. The average molecular weight is 782 g/mol. The van der Waals surface area contributed by atoms with Gasteiger partial charge in [0.2, 0.25) is 0 Å². The first kappa shape index (κ1) is 36.2. The Hall–Kier alpha value is -7.89. The highest BCUT2D eigenvalue weighted by Gasteiger charge is 2.49. The fourth-order valence-corrected chi connectivity index (χ4v) is 9.21. The highest BCUT2D eigenvalue weighted by Crippen LogP contribution is 2.58. The van der Waals surface area contributed by atoms with Crippen molar-refractivity contribution in [1.82, 2.24) is 24.9 Å². The number of fused-ring (bicyclic) bond motifs is 3. The van der Waals surface area contributed by atoms with E-state index in [9.17, 15) is 0 Å². The molecule has 0 fully saturated rings. The Balaban J connectivity index is 1.02. The Bertz CT molecular complexity index is 2930. The summed E-state index contributed by atoms with van der Waals surface area (Å²) in [5.74, 6) is 2.79. The van der Waals surface area contributed by atoms with Crippen LogP contribution in [0, 0.1) is 5.92 Å². The minimum absolute atomic E-state index is 0.101. The van der Waals surface area contributed by atoms with Crippen LogP contribution in [0.3, 0.4) is 0 Å². The Labute approximate surface area is 355 Å². The van der Waals surface area contributed by atoms with Crippen molar-refractivity contribution in [3.05, 3.63) is 241 Å². The van der Waals surface area contributed by atoms with E-state index in [1.807, 2.05) is 84.9 Å². The molecule has 2 heterocycles. The predicted octanol–water partition coefficient (Wildman–Crippen LogP) is 13.0. The van der Waals surface area contributed by atoms with Crippen LogP contribution in [0.1, 0.15) is 28.9 Å². The fraction of sp³-hybridized carbons (Fsp3) is 0.0536. The Morgan fingerprint density at radius 1 is 0.377 bits per heavy atom. The first-order valence-electron chi connectivity index (χ1n) is 20.8. The van der Waals surface area contributed by atoms with Gasteiger partial charge < -0.3 is 0 Å². The van der Waals surface area contributed by atoms with Crippen LogP contribution in [0.5, 0.6) is 0 Å². The van der Waals surface area contributed by atoms with Crippen molar-refractivity contribution in [3.63, 3.8) is 0 Å². The Morgan fingerprint density at radius 2 is 0.787 bits per heavy atom. The lowest BCUT2D eigenvalue weighted by Gasteiger charge is -2.40. The van der Waals surface area contributed by atoms with Crippen LogP contribution in [-0.2, 0) is 5.41 Å². The van der Waals surface area contributed by atoms with Crippen molar-refractivity contribution >= 4 is 5.57 Å². The van der Waals surface area contributed by atoms with E-state index in [4.69, 9.17) is 24.9 Å². The number of hydrogen-bond donors (Lipinski definition) is 0. The molecular weight excluding hydrogens is 743 g/mol. The molecule has 0 N–H and O–H groups in total. The second kappa shape index (κ2) is 15.4. The zero-order valence-corrected chi connectivity index (χ0v) is 33.3. The summed E-state index contributed by atoms with van der Waals surface area (Å²) in [7, 11) is 0. The fourth-order valence-electron chi connectivity index (χ4n) is 9.21. The van der Waals surface area contributed by atoms with Crippen LogP contribution in [0.15, 0.2) is 218 Å². The van der Waals surface area contributed by atoms with Gasteiger partial charge in [0, 0.05) is 33.4 Å². The van der Waals surface area contributed by atoms with Gasteiger partial charge in [-0.3, -0.25) is 0 Å². The van der Waals surface area contributed by atoms with Crippen molar-refractivity contribution in [3.8, 4) is 67.8 Å². The summed E-state index contributed by atoms with van der Waals surface area (Å²) in [6.07, 6.45) is 7.72. The van der Waals surface area contributed by atoms with Gasteiger partial charge in [0.05, 0.1) is 16.8 Å². The van der Waals surface area contributed by atoms with Gasteiger partial charge in [-0.1, -0.05) is 212 Å². The first-order chi connectivity index (χ1) is 30.2. The number of rotatable bonds is 8. The van der Waals surface area contributed by atoms with Crippen molar-refractivity contribution in [2.45, 2.75) is 11.8 Å². The van der Waals surface area contributed by atoms with Crippen LogP contribution >= 0.6 is 0 Å². The summed E-state index contributed by atoms with van der Waals surface area (Å²) in [6.45, 7) is 0. The number of allylic oxidation sites excluding steroid dienone is 4. The van der Waals surface area contributed by atoms with Gasteiger partial charge in [-0.2, -0.15) is 0 Å². The lowest BCUT2D eigenvalue weighted by Crippen LogP contribution is -2.35. The molecule has 0 saturated carbocycles. The van der Waals surface area contributed by atoms with Crippen molar-refractivity contribution < 1.29 is 0 Å². The van der Waals surface area contributed by atoms with Crippen molar-refractivity contribution in [2.75, 3.05) is 0 Å². The molecule has 0 spiro atoms. The molecule has 0 bridgehead atoms. The third-order valence-electron chi connectivity index (χ3n) is 12.1. The second-order valence-corrected chi connectivity index (χ2v) is 15.6. The summed E-state index contributed by atoms with van der Waals surface area (Å²) >= 11 is 0. The van der Waals surface area contributed by atoms with Crippen LogP contribution in [0.25, 0.3) is 73.4 Å². The molecule has 2 aromatic heterocycles. The molecule has 0 saturated heterocycles. The van der Waals surface area contributed by atoms with E-state index in [0.717, 1.165) is 51.2 Å². The summed E-state index contributed by atoms with van der Waals surface area (Å²) in [4.78, 5) is 25.2. The molecule has 1 unspecified atom stereocenters. The van der Waals surface area contributed by atoms with Gasteiger partial charge in [-0.05, 0) is 46.2 Å². The first-order valence-corrected chi connectivity index (χ1v) is 20.8. The Morgan fingerprint density at radius 3 is 1.26 bits per heavy atom. The number of benzene rings is 7. The summed E-state index contributed by atoms with van der Waals surface area (Å²) in [6, 6.07) is 70.0. The monoisotopic (exact) mass is 781 g/mol. The van der Waals surface area contributed by atoms with Crippen LogP contribution in [-0.4, -0.2) is 24.9 Å². The molecule has 7 aromatic carbocycles. The number of nitrogens with zero attached hydrogens (tertiary/aromatic N) is 5. The molecule has 288 valence electrons. The lowest BCUT2D eigenvalue weighted by atomic mass is 9.62. The van der Waals surface area contributed by atoms with Crippen LogP contribution in [0.2, 0.25) is 0 Å². The standard InChI is InChI=1S/C56H39N5/c1-5-17-38(18-6-1)50-37-51(58-52(57-50)40-19-7-2-8-20-40)39-29-33-44(34-30-39)56(48-27-15-13-25-46(48)47-26-14-16-28-49(47)56)45-35-31-43(32-36-45)55-60-53(41-21-9-3-10-22-41)59-54(61-55)42-23-11-4-12-24-42/h1-35,37,45H,36H2. The van der Waals surface area contributed by atoms with Gasteiger partial charge in [-0.15, -0.1) is 0 Å². The molecule has 2 aliphatic carbocycles. The van der Waals surface area contributed by atoms with E-state index >= 15 is 0 Å². The van der Waals surface area contributed by atoms with E-state index < -0.39 is 5.41 Å². The smallest absolute Gasteiger partial charge is 0.164 e. The molecule has 0 aliphatic heterocycles. The zero-order chi connectivity index (χ0) is 40.6. The molecule has 1 atom stereocenters. The summed E-state index contributed by atoms with van der Waals surface area (Å²) in [5.41, 5.74) is 13.7. The Kier molecular flexibility index (Phi) is 9.12. The molecule has 11 rings (SSSR count). The van der Waals surface area contributed by atoms with Gasteiger partial charge in [0.1, 0.15) is 0 Å². The van der Waals surface area contributed by atoms with E-state index in [1.165, 1.54) is 27.8 Å². The largest absolute Gasteiger partial charge is 0.228 e. The van der Waals surface area contributed by atoms with Gasteiger partial charge in [-0.25, -0.2) is 24.9 Å². The minimum Gasteiger partial charge on any atom is -0.228 e. The minimum atomic E-state index is -0.455. The van der Waals surface area contributed by atoms with Gasteiger partial charge >= 0.3 is 0 Å². The lowest BCUT2D eigenvalue weighted by molar-refractivity contribution is 0.458. The molecule has 61 heavy (non-hydrogen) atoms. The highest BCUT2D eigenvalue weighted by atomic mass is 15.0. The maximum atomic E-state index is 5.15. The van der Waals surface area contributed by atoms with Gasteiger partial charge in [0.15, 0.2) is 23.3 Å². The van der Waals surface area contributed by atoms with Gasteiger partial charge in [0.25, 0.3) is 0 Å². The third kappa shape index (κ3) is 6.48. The van der Waals surface area contributed by atoms with E-state index in [1.54, 1.807) is 0 Å². The molecular formula is C56H39N5. The molecule has 2 aliphatic rings. The van der Waals surface area contributed by atoms with Crippen LogP contribution < -0.4 is 0 Å². The maximum absolute atomic E-state index is 5.15. The zero-order valence-electron chi connectivity index (χ0n) is 33.3. The molecule has 9 aromatic rings. The van der Waals surface area contributed by atoms with Crippen molar-refractivity contribution in [1.29, 1.82) is 0 Å². The van der Waals surface area contributed by atoms with E-state index in [0.29, 0.717) is 23.3 Å². The molecule has 0 amide bonds. The molecule has 5 nitrogen and oxygen atoms in total. The quantitative estimate of drug-likeness (QED) is 0.154. The molecule has 5 heteroatoms.